The van der Waals surface area contributed by atoms with Crippen molar-refractivity contribution in [2.45, 2.75) is 38.5 Å². The van der Waals surface area contributed by atoms with Crippen LogP contribution in [-0.2, 0) is 15.3 Å². The molecule has 1 N–H and O–H groups in total. The number of ether oxygens (including phenoxy) is 3. The molecule has 0 bridgehead atoms. The van der Waals surface area contributed by atoms with Crippen LogP contribution in [0, 0.1) is 0 Å². The first-order chi connectivity index (χ1) is 14.1. The Kier molecular flexibility index (Phi) is 6.45. The number of carboxylic acid groups (broad SMARTS) is 1. The molecule has 1 heterocycles. The lowest BCUT2D eigenvalue weighted by molar-refractivity contribution is -0.220. The SMILES string of the molecule is CCOCCC(C(=O)O)(N(CC)CC)C1(c2ccccc2)Oc2ccccc2O1. The van der Waals surface area contributed by atoms with Gasteiger partial charge >= 0.3 is 11.8 Å². The highest BCUT2D eigenvalue weighted by molar-refractivity contribution is 5.81. The Morgan fingerprint density at radius 3 is 2.03 bits per heavy atom. The maximum Gasteiger partial charge on any atom is 0.332 e. The third kappa shape index (κ3) is 3.47. The second-order valence-corrected chi connectivity index (χ2v) is 6.92. The van der Waals surface area contributed by atoms with Gasteiger partial charge in [-0.05, 0) is 32.1 Å². The first-order valence-electron chi connectivity index (χ1n) is 10.1. The number of nitrogens with zero attached hydrogens (tertiary/aromatic N) is 1. The second kappa shape index (κ2) is 8.84. The molecule has 0 spiro atoms. The Bertz CT molecular complexity index is 796. The fraction of sp³-hybridized carbons (Fsp3) is 0.435. The predicted molar refractivity (Wildman–Crippen MR) is 110 cm³/mol. The molecule has 0 fully saturated rings. The van der Waals surface area contributed by atoms with Crippen molar-refractivity contribution in [1.82, 2.24) is 4.90 Å². The van der Waals surface area contributed by atoms with Crippen LogP contribution in [-0.4, -0.2) is 47.8 Å². The number of fused-ring (bicyclic) bond motifs is 1. The molecule has 2 aromatic rings. The molecule has 1 unspecified atom stereocenters. The van der Waals surface area contributed by atoms with Crippen molar-refractivity contribution in [2.24, 2.45) is 0 Å². The zero-order valence-corrected chi connectivity index (χ0v) is 17.3. The van der Waals surface area contributed by atoms with Crippen LogP contribution < -0.4 is 9.47 Å². The van der Waals surface area contributed by atoms with Gasteiger partial charge in [0.1, 0.15) is 0 Å². The summed E-state index contributed by atoms with van der Waals surface area (Å²) in [4.78, 5) is 14.9. The summed E-state index contributed by atoms with van der Waals surface area (Å²) < 4.78 is 18.4. The Hall–Kier alpha value is -2.57. The molecule has 0 aromatic heterocycles. The molecule has 29 heavy (non-hydrogen) atoms. The lowest BCUT2D eigenvalue weighted by Crippen LogP contribution is -2.70. The first kappa shape index (κ1) is 21.1. The lowest BCUT2D eigenvalue weighted by atomic mass is 9.79. The zero-order chi connectivity index (χ0) is 20.9. The van der Waals surface area contributed by atoms with Gasteiger partial charge in [-0.1, -0.05) is 56.3 Å². The van der Waals surface area contributed by atoms with Crippen LogP contribution in [0.1, 0.15) is 32.8 Å². The average Bonchev–Trinajstić information content (AvgIpc) is 3.15. The van der Waals surface area contributed by atoms with Gasteiger partial charge in [-0.25, -0.2) is 4.79 Å². The van der Waals surface area contributed by atoms with Gasteiger partial charge in [-0.3, -0.25) is 4.90 Å². The fourth-order valence-electron chi connectivity index (χ4n) is 4.17. The van der Waals surface area contributed by atoms with E-state index in [0.29, 0.717) is 36.8 Å². The number of hydrogen-bond acceptors (Lipinski definition) is 5. The number of hydrogen-bond donors (Lipinski definition) is 1. The largest absolute Gasteiger partial charge is 0.480 e. The van der Waals surface area contributed by atoms with E-state index in [9.17, 15) is 9.90 Å². The summed E-state index contributed by atoms with van der Waals surface area (Å²) in [6.45, 7) is 7.61. The van der Waals surface area contributed by atoms with Crippen LogP contribution in [0.15, 0.2) is 54.6 Å². The smallest absolute Gasteiger partial charge is 0.332 e. The van der Waals surface area contributed by atoms with Crippen molar-refractivity contribution < 1.29 is 24.1 Å². The summed E-state index contributed by atoms with van der Waals surface area (Å²) in [6, 6.07) is 16.6. The Morgan fingerprint density at radius 1 is 1.00 bits per heavy atom. The molecule has 6 nitrogen and oxygen atoms in total. The van der Waals surface area contributed by atoms with Crippen LogP contribution in [0.25, 0.3) is 0 Å². The van der Waals surface area contributed by atoms with Gasteiger partial charge in [0.05, 0.1) is 0 Å². The summed E-state index contributed by atoms with van der Waals surface area (Å²) in [5.41, 5.74) is -0.839. The van der Waals surface area contributed by atoms with Crippen LogP contribution in [0.5, 0.6) is 11.5 Å². The molecule has 0 amide bonds. The van der Waals surface area contributed by atoms with E-state index in [2.05, 4.69) is 0 Å². The summed E-state index contributed by atoms with van der Waals surface area (Å²) in [5.74, 6) is -1.49. The molecule has 1 aliphatic rings. The highest BCUT2D eigenvalue weighted by atomic mass is 16.7. The van der Waals surface area contributed by atoms with E-state index in [1.54, 1.807) is 12.1 Å². The summed E-state index contributed by atoms with van der Waals surface area (Å²) in [5, 5.41) is 10.7. The molecular weight excluding hydrogens is 370 g/mol. The Balaban J connectivity index is 2.25. The van der Waals surface area contributed by atoms with Crippen LogP contribution >= 0.6 is 0 Å². The summed E-state index contributed by atoms with van der Waals surface area (Å²) in [7, 11) is 0. The van der Waals surface area contributed by atoms with Gasteiger partial charge in [0.25, 0.3) is 0 Å². The van der Waals surface area contributed by atoms with E-state index in [-0.39, 0.29) is 13.0 Å². The predicted octanol–water partition coefficient (Wildman–Crippen LogP) is 3.90. The minimum absolute atomic E-state index is 0.209. The van der Waals surface area contributed by atoms with E-state index >= 15 is 0 Å². The minimum atomic E-state index is -1.55. The molecule has 2 aromatic carbocycles. The van der Waals surface area contributed by atoms with Gasteiger partial charge in [0, 0.05) is 25.2 Å². The number of para-hydroxylation sites is 2. The maximum atomic E-state index is 13.0. The second-order valence-electron chi connectivity index (χ2n) is 6.92. The fourth-order valence-corrected chi connectivity index (χ4v) is 4.17. The van der Waals surface area contributed by atoms with Gasteiger partial charge < -0.3 is 19.3 Å². The van der Waals surface area contributed by atoms with E-state index in [1.165, 1.54) is 0 Å². The standard InChI is InChI=1S/C23H29NO5/c1-4-24(5-2)22(21(25)26,16-17-27-6-3)23(18-12-8-7-9-13-18)28-19-14-10-11-15-20(19)29-23/h7-15H,4-6,16-17H2,1-3H3,(H,25,26). The lowest BCUT2D eigenvalue weighted by Gasteiger charge is -2.49. The van der Waals surface area contributed by atoms with Crippen molar-refractivity contribution in [3.63, 3.8) is 0 Å². The number of rotatable bonds is 10. The molecule has 0 saturated carbocycles. The average molecular weight is 399 g/mol. The van der Waals surface area contributed by atoms with Crippen molar-refractivity contribution >= 4 is 5.97 Å². The molecule has 1 aliphatic heterocycles. The molecule has 6 heteroatoms. The molecular formula is C23H29NO5. The normalized spacial score (nSPS) is 16.6. The van der Waals surface area contributed by atoms with E-state index < -0.39 is 17.3 Å². The molecule has 0 aliphatic carbocycles. The minimum Gasteiger partial charge on any atom is -0.480 e. The number of carboxylic acids is 1. The third-order valence-electron chi connectivity index (χ3n) is 5.52. The van der Waals surface area contributed by atoms with Crippen molar-refractivity contribution in [1.29, 1.82) is 0 Å². The van der Waals surface area contributed by atoms with Crippen LogP contribution in [0.4, 0.5) is 0 Å². The highest BCUT2D eigenvalue weighted by Crippen LogP contribution is 2.52. The van der Waals surface area contributed by atoms with E-state index in [0.717, 1.165) is 0 Å². The van der Waals surface area contributed by atoms with Gasteiger partial charge in [0.15, 0.2) is 11.5 Å². The molecule has 0 saturated heterocycles. The van der Waals surface area contributed by atoms with Crippen LogP contribution in [0.3, 0.4) is 0 Å². The summed E-state index contributed by atoms with van der Waals surface area (Å²) in [6.07, 6.45) is 0.209. The van der Waals surface area contributed by atoms with Gasteiger partial charge in [-0.15, -0.1) is 0 Å². The number of benzene rings is 2. The van der Waals surface area contributed by atoms with Crippen LogP contribution in [0.2, 0.25) is 0 Å². The van der Waals surface area contributed by atoms with Crippen molar-refractivity contribution in [2.75, 3.05) is 26.3 Å². The van der Waals surface area contributed by atoms with Gasteiger partial charge in [0.2, 0.25) is 5.54 Å². The summed E-state index contributed by atoms with van der Waals surface area (Å²) >= 11 is 0. The van der Waals surface area contributed by atoms with E-state index in [1.807, 2.05) is 68.1 Å². The Morgan fingerprint density at radius 2 is 1.55 bits per heavy atom. The van der Waals surface area contributed by atoms with E-state index in [4.69, 9.17) is 14.2 Å². The molecule has 1 atom stereocenters. The topological polar surface area (TPSA) is 68.2 Å². The monoisotopic (exact) mass is 399 g/mol. The number of carbonyl (C=O) groups is 1. The molecule has 3 rings (SSSR count). The molecule has 0 radical (unpaired) electrons. The Labute approximate surface area is 172 Å². The third-order valence-corrected chi connectivity index (χ3v) is 5.52. The molecule has 156 valence electrons. The quantitative estimate of drug-likeness (QED) is 0.611. The van der Waals surface area contributed by atoms with Gasteiger partial charge in [-0.2, -0.15) is 0 Å². The van der Waals surface area contributed by atoms with Crippen molar-refractivity contribution in [3.8, 4) is 11.5 Å². The first-order valence-corrected chi connectivity index (χ1v) is 10.1. The maximum absolute atomic E-state index is 13.0. The van der Waals surface area contributed by atoms with Crippen molar-refractivity contribution in [3.05, 3.63) is 60.2 Å². The highest BCUT2D eigenvalue weighted by Gasteiger charge is 2.67. The zero-order valence-electron chi connectivity index (χ0n) is 17.3. The number of aliphatic carboxylic acids is 1. The number of likely N-dealkylation sites (N-methyl/N-ethyl adjacent to an activating group) is 1.